The van der Waals surface area contributed by atoms with Gasteiger partial charge in [-0.3, -0.25) is 15.1 Å². The Bertz CT molecular complexity index is 547. The van der Waals surface area contributed by atoms with Gasteiger partial charge in [0, 0.05) is 23.8 Å². The lowest BCUT2D eigenvalue weighted by Gasteiger charge is -2.09. The first-order valence-electron chi connectivity index (χ1n) is 6.23. The number of carbonyl (C=O) groups is 1. The second kappa shape index (κ2) is 5.46. The zero-order valence-electron chi connectivity index (χ0n) is 10.3. The SMILES string of the molecule is O=C(Nc1nccs1)c1ccc([C@@H]2CCCN2)nc1. The summed E-state index contributed by atoms with van der Waals surface area (Å²) in [6.45, 7) is 1.04. The molecule has 6 heteroatoms. The minimum Gasteiger partial charge on any atom is -0.309 e. The number of nitrogens with one attached hydrogen (secondary N) is 2. The van der Waals surface area contributed by atoms with Gasteiger partial charge in [-0.25, -0.2) is 4.98 Å². The maximum Gasteiger partial charge on any atom is 0.259 e. The van der Waals surface area contributed by atoms with E-state index in [4.69, 9.17) is 0 Å². The summed E-state index contributed by atoms with van der Waals surface area (Å²) in [5.74, 6) is -0.173. The van der Waals surface area contributed by atoms with Gasteiger partial charge in [-0.15, -0.1) is 11.3 Å². The standard InChI is InChI=1S/C13H14N4OS/c18-12(17-13-15-6-7-19-13)9-3-4-11(16-8-9)10-2-1-5-14-10/h3-4,6-8,10,14H,1-2,5H2,(H,15,17,18)/t10-/m0/s1. The summed E-state index contributed by atoms with van der Waals surface area (Å²) in [5.41, 5.74) is 1.56. The summed E-state index contributed by atoms with van der Waals surface area (Å²) in [4.78, 5) is 20.3. The van der Waals surface area contributed by atoms with Crippen molar-refractivity contribution in [3.63, 3.8) is 0 Å². The van der Waals surface area contributed by atoms with E-state index in [1.54, 1.807) is 12.4 Å². The predicted octanol–water partition coefficient (Wildman–Crippen LogP) is 2.21. The van der Waals surface area contributed by atoms with Crippen LogP contribution in [0.25, 0.3) is 0 Å². The molecule has 0 unspecified atom stereocenters. The molecule has 1 atom stereocenters. The van der Waals surface area contributed by atoms with Gasteiger partial charge in [-0.2, -0.15) is 0 Å². The second-order valence-corrected chi connectivity index (χ2v) is 5.31. The van der Waals surface area contributed by atoms with Crippen molar-refractivity contribution in [1.29, 1.82) is 0 Å². The number of aromatic nitrogens is 2. The van der Waals surface area contributed by atoms with Crippen molar-refractivity contribution in [3.05, 3.63) is 41.2 Å². The van der Waals surface area contributed by atoms with E-state index in [-0.39, 0.29) is 5.91 Å². The summed E-state index contributed by atoms with van der Waals surface area (Å²) >= 11 is 1.40. The smallest absolute Gasteiger partial charge is 0.259 e. The third kappa shape index (κ3) is 2.80. The molecular formula is C13H14N4OS. The van der Waals surface area contributed by atoms with E-state index in [0.29, 0.717) is 16.7 Å². The number of pyridine rings is 1. The Morgan fingerprint density at radius 1 is 1.42 bits per heavy atom. The quantitative estimate of drug-likeness (QED) is 0.900. The van der Waals surface area contributed by atoms with Crippen LogP contribution in [0, 0.1) is 0 Å². The molecule has 1 amide bonds. The summed E-state index contributed by atoms with van der Waals surface area (Å²) in [6, 6.07) is 4.06. The molecule has 1 aliphatic heterocycles. The third-order valence-corrected chi connectivity index (χ3v) is 3.81. The van der Waals surface area contributed by atoms with E-state index in [1.807, 2.05) is 17.5 Å². The summed E-state index contributed by atoms with van der Waals surface area (Å²) in [5, 5.41) is 8.55. The van der Waals surface area contributed by atoms with Crippen molar-refractivity contribution in [2.24, 2.45) is 0 Å². The van der Waals surface area contributed by atoms with Crippen molar-refractivity contribution in [2.45, 2.75) is 18.9 Å². The number of nitrogens with zero attached hydrogens (tertiary/aromatic N) is 2. The number of anilines is 1. The number of rotatable bonds is 3. The molecule has 0 aromatic carbocycles. The molecule has 2 N–H and O–H groups in total. The Morgan fingerprint density at radius 2 is 2.37 bits per heavy atom. The van der Waals surface area contributed by atoms with Gasteiger partial charge in [0.1, 0.15) is 0 Å². The maximum absolute atomic E-state index is 11.9. The van der Waals surface area contributed by atoms with Crippen LogP contribution in [0.15, 0.2) is 29.9 Å². The van der Waals surface area contributed by atoms with Gasteiger partial charge in [0.2, 0.25) is 0 Å². The fourth-order valence-corrected chi connectivity index (χ4v) is 2.66. The lowest BCUT2D eigenvalue weighted by Crippen LogP contribution is -2.16. The topological polar surface area (TPSA) is 66.9 Å². The third-order valence-electron chi connectivity index (χ3n) is 3.12. The molecule has 1 fully saturated rings. The number of amides is 1. The lowest BCUT2D eigenvalue weighted by atomic mass is 10.1. The first-order chi connectivity index (χ1) is 9.33. The molecule has 98 valence electrons. The Balaban J connectivity index is 1.69. The number of hydrogen-bond donors (Lipinski definition) is 2. The molecule has 19 heavy (non-hydrogen) atoms. The van der Waals surface area contributed by atoms with Gasteiger partial charge in [0.25, 0.3) is 5.91 Å². The molecular weight excluding hydrogens is 260 g/mol. The molecule has 5 nitrogen and oxygen atoms in total. The average molecular weight is 274 g/mol. The highest BCUT2D eigenvalue weighted by atomic mass is 32.1. The van der Waals surface area contributed by atoms with Gasteiger partial charge >= 0.3 is 0 Å². The van der Waals surface area contributed by atoms with Gasteiger partial charge in [-0.05, 0) is 31.5 Å². The normalized spacial score (nSPS) is 18.4. The van der Waals surface area contributed by atoms with E-state index < -0.39 is 0 Å². The van der Waals surface area contributed by atoms with Crippen LogP contribution in [0.2, 0.25) is 0 Å². The van der Waals surface area contributed by atoms with Gasteiger partial charge in [-0.1, -0.05) is 0 Å². The molecule has 1 aliphatic rings. The zero-order chi connectivity index (χ0) is 13.1. The van der Waals surface area contributed by atoms with E-state index in [0.717, 1.165) is 18.7 Å². The van der Waals surface area contributed by atoms with E-state index in [9.17, 15) is 4.79 Å². The fraction of sp³-hybridized carbons (Fsp3) is 0.308. The van der Waals surface area contributed by atoms with Crippen LogP contribution < -0.4 is 10.6 Å². The maximum atomic E-state index is 11.9. The Labute approximate surface area is 115 Å². The van der Waals surface area contributed by atoms with Crippen LogP contribution in [-0.4, -0.2) is 22.4 Å². The monoisotopic (exact) mass is 274 g/mol. The van der Waals surface area contributed by atoms with Gasteiger partial charge < -0.3 is 5.32 Å². The van der Waals surface area contributed by atoms with Crippen molar-refractivity contribution in [2.75, 3.05) is 11.9 Å². The van der Waals surface area contributed by atoms with Crippen LogP contribution in [-0.2, 0) is 0 Å². The van der Waals surface area contributed by atoms with E-state index in [2.05, 4.69) is 20.6 Å². The van der Waals surface area contributed by atoms with E-state index in [1.165, 1.54) is 17.8 Å². The second-order valence-electron chi connectivity index (χ2n) is 4.41. The van der Waals surface area contributed by atoms with Crippen molar-refractivity contribution in [3.8, 4) is 0 Å². The molecule has 1 saturated heterocycles. The average Bonchev–Trinajstić information content (AvgIpc) is 3.12. The van der Waals surface area contributed by atoms with Crippen molar-refractivity contribution < 1.29 is 4.79 Å². The highest BCUT2D eigenvalue weighted by Gasteiger charge is 2.17. The number of hydrogen-bond acceptors (Lipinski definition) is 5. The van der Waals surface area contributed by atoms with Crippen LogP contribution in [0.1, 0.15) is 34.9 Å². The minimum absolute atomic E-state index is 0.173. The molecule has 3 heterocycles. The molecule has 0 saturated carbocycles. The molecule has 2 aromatic heterocycles. The Kier molecular flexibility index (Phi) is 3.52. The number of thiazole rings is 1. The van der Waals surface area contributed by atoms with Crippen LogP contribution in [0.3, 0.4) is 0 Å². The van der Waals surface area contributed by atoms with Crippen LogP contribution >= 0.6 is 11.3 Å². The number of carbonyl (C=O) groups excluding carboxylic acids is 1. The zero-order valence-corrected chi connectivity index (χ0v) is 11.1. The minimum atomic E-state index is -0.173. The lowest BCUT2D eigenvalue weighted by molar-refractivity contribution is 0.102. The van der Waals surface area contributed by atoms with Gasteiger partial charge in [0.05, 0.1) is 11.3 Å². The first-order valence-corrected chi connectivity index (χ1v) is 7.11. The molecule has 0 bridgehead atoms. The molecule has 0 spiro atoms. The Morgan fingerprint density at radius 3 is 3.00 bits per heavy atom. The van der Waals surface area contributed by atoms with E-state index >= 15 is 0 Å². The summed E-state index contributed by atoms with van der Waals surface area (Å²) in [6.07, 6.45) is 5.57. The summed E-state index contributed by atoms with van der Waals surface area (Å²) < 4.78 is 0. The first kappa shape index (κ1) is 12.3. The molecule has 2 aromatic rings. The highest BCUT2D eigenvalue weighted by molar-refractivity contribution is 7.13. The fourth-order valence-electron chi connectivity index (χ4n) is 2.14. The Hall–Kier alpha value is -1.79. The van der Waals surface area contributed by atoms with Crippen LogP contribution in [0.5, 0.6) is 0 Å². The summed E-state index contributed by atoms with van der Waals surface area (Å²) in [7, 11) is 0. The van der Waals surface area contributed by atoms with Crippen LogP contribution in [0.4, 0.5) is 5.13 Å². The highest BCUT2D eigenvalue weighted by Crippen LogP contribution is 2.21. The van der Waals surface area contributed by atoms with Crippen molar-refractivity contribution >= 4 is 22.4 Å². The van der Waals surface area contributed by atoms with Crippen molar-refractivity contribution in [1.82, 2.24) is 15.3 Å². The largest absolute Gasteiger partial charge is 0.309 e. The molecule has 3 rings (SSSR count). The molecule has 0 radical (unpaired) electrons. The predicted molar refractivity (Wildman–Crippen MR) is 74.3 cm³/mol. The van der Waals surface area contributed by atoms with Gasteiger partial charge in [0.15, 0.2) is 5.13 Å². The molecule has 0 aliphatic carbocycles.